The predicted octanol–water partition coefficient (Wildman–Crippen LogP) is 1.39. The third kappa shape index (κ3) is 2.68. The zero-order valence-electron chi connectivity index (χ0n) is 10.5. The van der Waals surface area contributed by atoms with Gasteiger partial charge in [-0.15, -0.1) is 0 Å². The van der Waals surface area contributed by atoms with Crippen molar-refractivity contribution in [2.24, 2.45) is 0 Å². The highest BCUT2D eigenvalue weighted by Crippen LogP contribution is 2.29. The van der Waals surface area contributed by atoms with Crippen LogP contribution in [0.5, 0.6) is 5.75 Å². The van der Waals surface area contributed by atoms with E-state index in [0.29, 0.717) is 17.9 Å². The SMILES string of the molecule is Cc1ccc(C(=O)NC2(C(=O)O)CCSC2)c(O)c1. The zero-order valence-corrected chi connectivity index (χ0v) is 11.3. The van der Waals surface area contributed by atoms with Crippen molar-refractivity contribution in [2.45, 2.75) is 18.9 Å². The number of aliphatic carboxylic acids is 1. The van der Waals surface area contributed by atoms with Crippen molar-refractivity contribution in [1.29, 1.82) is 0 Å². The number of carbonyl (C=O) groups is 2. The maximum atomic E-state index is 12.1. The summed E-state index contributed by atoms with van der Waals surface area (Å²) in [4.78, 5) is 23.4. The molecular weight excluding hydrogens is 266 g/mol. The fraction of sp³-hybridized carbons (Fsp3) is 0.385. The molecule has 1 aromatic rings. The first-order valence-electron chi connectivity index (χ1n) is 5.88. The van der Waals surface area contributed by atoms with Gasteiger partial charge in [-0.1, -0.05) is 6.07 Å². The van der Waals surface area contributed by atoms with Gasteiger partial charge in [-0.05, 0) is 36.8 Å². The molecule has 1 aromatic carbocycles. The maximum absolute atomic E-state index is 12.1. The minimum Gasteiger partial charge on any atom is -0.507 e. The summed E-state index contributed by atoms with van der Waals surface area (Å²) in [6, 6.07) is 4.68. The van der Waals surface area contributed by atoms with Crippen molar-refractivity contribution in [2.75, 3.05) is 11.5 Å². The molecule has 1 heterocycles. The summed E-state index contributed by atoms with van der Waals surface area (Å²) in [7, 11) is 0. The van der Waals surface area contributed by atoms with Crippen LogP contribution in [0.4, 0.5) is 0 Å². The highest BCUT2D eigenvalue weighted by atomic mass is 32.2. The Morgan fingerprint density at radius 1 is 1.42 bits per heavy atom. The Labute approximate surface area is 115 Å². The topological polar surface area (TPSA) is 86.6 Å². The molecule has 1 saturated heterocycles. The average Bonchev–Trinajstić information content (AvgIpc) is 2.78. The molecule has 6 heteroatoms. The van der Waals surface area contributed by atoms with Crippen LogP contribution in [0.1, 0.15) is 22.3 Å². The van der Waals surface area contributed by atoms with Crippen molar-refractivity contribution < 1.29 is 19.8 Å². The van der Waals surface area contributed by atoms with Crippen LogP contribution in [-0.2, 0) is 4.79 Å². The molecule has 0 aromatic heterocycles. The third-order valence-electron chi connectivity index (χ3n) is 3.18. The summed E-state index contributed by atoms with van der Waals surface area (Å²) < 4.78 is 0. The number of nitrogens with one attached hydrogen (secondary N) is 1. The Morgan fingerprint density at radius 2 is 2.16 bits per heavy atom. The van der Waals surface area contributed by atoms with Gasteiger partial charge in [-0.3, -0.25) is 4.79 Å². The Balaban J connectivity index is 2.22. The smallest absolute Gasteiger partial charge is 0.330 e. The molecule has 3 N–H and O–H groups in total. The molecule has 0 saturated carbocycles. The number of phenolic OH excluding ortho intramolecular Hbond substituents is 1. The lowest BCUT2D eigenvalue weighted by atomic mass is 9.98. The maximum Gasteiger partial charge on any atom is 0.330 e. The Morgan fingerprint density at radius 3 is 2.68 bits per heavy atom. The number of aromatic hydroxyl groups is 1. The number of hydrogen-bond donors (Lipinski definition) is 3. The second-order valence-corrected chi connectivity index (χ2v) is 5.77. The number of carboxylic acid groups (broad SMARTS) is 1. The van der Waals surface area contributed by atoms with Gasteiger partial charge in [0.25, 0.3) is 5.91 Å². The summed E-state index contributed by atoms with van der Waals surface area (Å²) in [5, 5.41) is 21.6. The molecule has 102 valence electrons. The van der Waals surface area contributed by atoms with Crippen LogP contribution in [0, 0.1) is 6.92 Å². The molecule has 1 fully saturated rings. The van der Waals surface area contributed by atoms with Gasteiger partial charge >= 0.3 is 5.97 Å². The summed E-state index contributed by atoms with van der Waals surface area (Å²) in [6.07, 6.45) is 0.394. The molecule has 1 aliphatic heterocycles. The normalized spacial score (nSPS) is 22.2. The monoisotopic (exact) mass is 281 g/mol. The first kappa shape index (κ1) is 13.7. The molecule has 1 amide bonds. The number of amides is 1. The van der Waals surface area contributed by atoms with Crippen molar-refractivity contribution in [3.05, 3.63) is 29.3 Å². The van der Waals surface area contributed by atoms with Gasteiger partial charge in [-0.25, -0.2) is 4.79 Å². The molecule has 1 aliphatic rings. The Bertz CT molecular complexity index is 523. The molecule has 0 aliphatic carbocycles. The van der Waals surface area contributed by atoms with E-state index in [-0.39, 0.29) is 11.3 Å². The van der Waals surface area contributed by atoms with Crippen LogP contribution in [-0.4, -0.2) is 39.1 Å². The lowest BCUT2D eigenvalue weighted by Gasteiger charge is -2.24. The molecule has 19 heavy (non-hydrogen) atoms. The molecule has 5 nitrogen and oxygen atoms in total. The first-order chi connectivity index (χ1) is 8.94. The second kappa shape index (κ2) is 5.13. The lowest BCUT2D eigenvalue weighted by molar-refractivity contribution is -0.143. The highest BCUT2D eigenvalue weighted by molar-refractivity contribution is 7.99. The number of hydrogen-bond acceptors (Lipinski definition) is 4. The summed E-state index contributed by atoms with van der Waals surface area (Å²) >= 11 is 1.50. The van der Waals surface area contributed by atoms with Gasteiger partial charge in [-0.2, -0.15) is 11.8 Å². The van der Waals surface area contributed by atoms with E-state index in [0.717, 1.165) is 5.56 Å². The molecule has 2 rings (SSSR count). The number of thioether (sulfide) groups is 1. The standard InChI is InChI=1S/C13H15NO4S/c1-8-2-3-9(10(15)6-8)11(16)14-13(12(17)18)4-5-19-7-13/h2-3,6,15H,4-5,7H2,1H3,(H,14,16)(H,17,18). The molecule has 1 unspecified atom stereocenters. The second-order valence-electron chi connectivity index (χ2n) is 4.66. The van der Waals surface area contributed by atoms with E-state index in [9.17, 15) is 19.8 Å². The van der Waals surface area contributed by atoms with Gasteiger partial charge in [0.2, 0.25) is 0 Å². The Hall–Kier alpha value is -1.69. The van der Waals surface area contributed by atoms with Crippen LogP contribution in [0.15, 0.2) is 18.2 Å². The number of carbonyl (C=O) groups excluding carboxylic acids is 1. The van der Waals surface area contributed by atoms with Gasteiger partial charge < -0.3 is 15.5 Å². The van der Waals surface area contributed by atoms with E-state index in [1.165, 1.54) is 23.9 Å². The number of benzene rings is 1. The van der Waals surface area contributed by atoms with Crippen molar-refractivity contribution in [3.63, 3.8) is 0 Å². The number of carboxylic acids is 1. The average molecular weight is 281 g/mol. The molecule has 0 bridgehead atoms. The van der Waals surface area contributed by atoms with Gasteiger partial charge in [0.15, 0.2) is 0 Å². The Kier molecular flexibility index (Phi) is 3.71. The number of aryl methyl sites for hydroxylation is 1. The van der Waals surface area contributed by atoms with Crippen LogP contribution in [0.3, 0.4) is 0 Å². The van der Waals surface area contributed by atoms with Gasteiger partial charge in [0.05, 0.1) is 5.56 Å². The van der Waals surface area contributed by atoms with E-state index in [1.54, 1.807) is 13.0 Å². The van der Waals surface area contributed by atoms with Crippen LogP contribution >= 0.6 is 11.8 Å². The summed E-state index contributed by atoms with van der Waals surface area (Å²) in [5.41, 5.74) is -0.291. The van der Waals surface area contributed by atoms with E-state index in [4.69, 9.17) is 0 Å². The highest BCUT2D eigenvalue weighted by Gasteiger charge is 2.43. The predicted molar refractivity (Wildman–Crippen MR) is 72.6 cm³/mol. The minimum absolute atomic E-state index is 0.100. The first-order valence-corrected chi connectivity index (χ1v) is 7.03. The largest absolute Gasteiger partial charge is 0.507 e. The van der Waals surface area contributed by atoms with Crippen LogP contribution < -0.4 is 5.32 Å². The minimum atomic E-state index is -1.22. The van der Waals surface area contributed by atoms with Gasteiger partial charge in [0, 0.05) is 5.75 Å². The lowest BCUT2D eigenvalue weighted by Crippen LogP contribution is -2.54. The molecule has 0 radical (unpaired) electrons. The zero-order chi connectivity index (χ0) is 14.0. The van der Waals surface area contributed by atoms with Crippen molar-refractivity contribution in [3.8, 4) is 5.75 Å². The van der Waals surface area contributed by atoms with Crippen LogP contribution in [0.2, 0.25) is 0 Å². The third-order valence-corrected chi connectivity index (χ3v) is 4.37. The van der Waals surface area contributed by atoms with E-state index >= 15 is 0 Å². The molecular formula is C13H15NO4S. The summed E-state index contributed by atoms with van der Waals surface area (Å²) in [5.74, 6) is -0.670. The fourth-order valence-electron chi connectivity index (χ4n) is 2.00. The van der Waals surface area contributed by atoms with Gasteiger partial charge in [0.1, 0.15) is 11.3 Å². The number of rotatable bonds is 3. The molecule has 0 spiro atoms. The van der Waals surface area contributed by atoms with E-state index in [1.807, 2.05) is 0 Å². The number of phenols is 1. The van der Waals surface area contributed by atoms with Crippen molar-refractivity contribution >= 4 is 23.6 Å². The fourth-order valence-corrected chi connectivity index (χ4v) is 3.33. The molecule has 1 atom stereocenters. The van der Waals surface area contributed by atoms with E-state index in [2.05, 4.69) is 5.32 Å². The van der Waals surface area contributed by atoms with Crippen LogP contribution in [0.25, 0.3) is 0 Å². The summed E-state index contributed by atoms with van der Waals surface area (Å²) in [6.45, 7) is 1.80. The quantitative estimate of drug-likeness (QED) is 0.779. The van der Waals surface area contributed by atoms with Crippen molar-refractivity contribution in [1.82, 2.24) is 5.32 Å². The van der Waals surface area contributed by atoms with E-state index < -0.39 is 17.4 Å².